The van der Waals surface area contributed by atoms with E-state index in [9.17, 15) is 18.0 Å². The van der Waals surface area contributed by atoms with E-state index in [-0.39, 0.29) is 21.1 Å². The summed E-state index contributed by atoms with van der Waals surface area (Å²) in [5, 5.41) is 2.45. The maximum atomic E-state index is 12.8. The monoisotopic (exact) mass is 421 g/mol. The van der Waals surface area contributed by atoms with Crippen molar-refractivity contribution in [2.75, 3.05) is 18.9 Å². The van der Waals surface area contributed by atoms with Gasteiger partial charge in [0.2, 0.25) is 0 Å². The summed E-state index contributed by atoms with van der Waals surface area (Å²) < 4.78 is 35.5. The Morgan fingerprint density at radius 1 is 1.21 bits per heavy atom. The number of aromatic nitrogens is 1. The van der Waals surface area contributed by atoms with Gasteiger partial charge < -0.3 is 10.1 Å². The van der Waals surface area contributed by atoms with Crippen LogP contribution in [-0.2, 0) is 16.6 Å². The van der Waals surface area contributed by atoms with Gasteiger partial charge in [-0.15, -0.1) is 0 Å². The third-order valence-corrected chi connectivity index (χ3v) is 6.51. The van der Waals surface area contributed by atoms with E-state index in [1.807, 2.05) is 6.92 Å². The van der Waals surface area contributed by atoms with Gasteiger partial charge in [-0.2, -0.15) is 0 Å². The van der Waals surface area contributed by atoms with E-state index in [0.29, 0.717) is 16.9 Å². The van der Waals surface area contributed by atoms with Gasteiger partial charge in [-0.3, -0.25) is 18.9 Å². The number of methoxy groups -OCH3 is 1. The van der Waals surface area contributed by atoms with Crippen molar-refractivity contribution in [2.45, 2.75) is 18.4 Å². The maximum Gasteiger partial charge on any atom is 0.308 e. The highest BCUT2D eigenvalue weighted by Crippen LogP contribution is 2.26. The van der Waals surface area contributed by atoms with Crippen molar-refractivity contribution in [1.29, 1.82) is 0 Å². The summed E-state index contributed by atoms with van der Waals surface area (Å²) in [4.78, 5) is 23.8. The Hall–Kier alpha value is -2.85. The van der Waals surface area contributed by atoms with Gasteiger partial charge >= 0.3 is 4.87 Å². The largest absolute Gasteiger partial charge is 0.496 e. The van der Waals surface area contributed by atoms with Crippen molar-refractivity contribution in [1.82, 2.24) is 9.88 Å². The van der Waals surface area contributed by atoms with Crippen LogP contribution in [0.15, 0.2) is 46.1 Å². The third kappa shape index (κ3) is 3.60. The molecule has 0 radical (unpaired) electrons. The van der Waals surface area contributed by atoms with Crippen LogP contribution in [0.4, 0.5) is 5.69 Å². The summed E-state index contributed by atoms with van der Waals surface area (Å²) in [6.45, 7) is 2.41. The first-order valence-corrected chi connectivity index (χ1v) is 10.7. The number of hydrogen-bond donors (Lipinski definition) is 2. The number of benzene rings is 2. The van der Waals surface area contributed by atoms with Gasteiger partial charge in [0, 0.05) is 13.6 Å². The van der Waals surface area contributed by atoms with E-state index in [1.54, 1.807) is 22.8 Å². The van der Waals surface area contributed by atoms with Crippen LogP contribution in [-0.4, -0.2) is 33.0 Å². The van der Waals surface area contributed by atoms with Gasteiger partial charge in [0.15, 0.2) is 0 Å². The van der Waals surface area contributed by atoms with Crippen molar-refractivity contribution in [3.05, 3.63) is 51.6 Å². The number of carbonyl (C=O) groups is 1. The van der Waals surface area contributed by atoms with Crippen molar-refractivity contribution >= 4 is 43.2 Å². The van der Waals surface area contributed by atoms with Crippen LogP contribution in [0.5, 0.6) is 5.75 Å². The molecule has 0 aliphatic rings. The molecule has 0 aliphatic heterocycles. The molecule has 1 amide bonds. The number of nitrogens with one attached hydrogen (secondary N) is 2. The highest BCUT2D eigenvalue weighted by Gasteiger charge is 2.20. The normalized spacial score (nSPS) is 11.4. The Bertz CT molecular complexity index is 1210. The summed E-state index contributed by atoms with van der Waals surface area (Å²) in [5.41, 5.74) is 1.20. The predicted molar refractivity (Wildman–Crippen MR) is 109 cm³/mol. The quantitative estimate of drug-likeness (QED) is 0.635. The van der Waals surface area contributed by atoms with Gasteiger partial charge in [-0.1, -0.05) is 11.3 Å². The lowest BCUT2D eigenvalue weighted by molar-refractivity contribution is 0.0960. The van der Waals surface area contributed by atoms with E-state index in [1.165, 1.54) is 32.4 Å². The molecule has 2 aromatic carbocycles. The smallest absolute Gasteiger partial charge is 0.308 e. The summed E-state index contributed by atoms with van der Waals surface area (Å²) in [6, 6.07) is 8.96. The lowest BCUT2D eigenvalue weighted by Crippen LogP contribution is -2.20. The van der Waals surface area contributed by atoms with Crippen LogP contribution >= 0.6 is 11.3 Å². The molecule has 3 rings (SSSR count). The number of carbonyl (C=O) groups excluding carboxylic acids is 1. The van der Waals surface area contributed by atoms with Crippen molar-refractivity contribution < 1.29 is 17.9 Å². The molecule has 0 saturated heterocycles. The summed E-state index contributed by atoms with van der Waals surface area (Å²) in [6.07, 6.45) is 0. The molecule has 10 heteroatoms. The molecule has 0 unspecified atom stereocenters. The molecule has 1 heterocycles. The lowest BCUT2D eigenvalue weighted by Gasteiger charge is -2.12. The van der Waals surface area contributed by atoms with Crippen molar-refractivity contribution in [3.8, 4) is 5.75 Å². The number of amides is 1. The van der Waals surface area contributed by atoms with Gasteiger partial charge in [0.25, 0.3) is 15.9 Å². The number of hydrogen-bond acceptors (Lipinski definition) is 6. The summed E-state index contributed by atoms with van der Waals surface area (Å²) in [7, 11) is -1.10. The highest BCUT2D eigenvalue weighted by molar-refractivity contribution is 7.92. The number of nitrogens with zero attached hydrogens (tertiary/aromatic N) is 1. The second-order valence-corrected chi connectivity index (χ2v) is 8.52. The first-order valence-electron chi connectivity index (χ1n) is 8.37. The van der Waals surface area contributed by atoms with Crippen LogP contribution in [0.2, 0.25) is 0 Å². The molecule has 0 spiro atoms. The highest BCUT2D eigenvalue weighted by atomic mass is 32.2. The van der Waals surface area contributed by atoms with Gasteiger partial charge in [0.05, 0.1) is 33.5 Å². The summed E-state index contributed by atoms with van der Waals surface area (Å²) >= 11 is 1.06. The van der Waals surface area contributed by atoms with Gasteiger partial charge in [0.1, 0.15) is 5.75 Å². The molecule has 3 aromatic rings. The maximum absolute atomic E-state index is 12.8. The number of aryl methyl sites for hydroxylation is 1. The Kier molecular flexibility index (Phi) is 5.43. The third-order valence-electron chi connectivity index (χ3n) is 4.19. The Morgan fingerprint density at radius 2 is 1.96 bits per heavy atom. The van der Waals surface area contributed by atoms with Crippen LogP contribution in [0.3, 0.4) is 0 Å². The number of thiazole rings is 1. The first-order chi connectivity index (χ1) is 13.3. The van der Waals surface area contributed by atoms with Crippen LogP contribution in [0.25, 0.3) is 10.2 Å². The molecule has 0 saturated carbocycles. The van der Waals surface area contributed by atoms with E-state index in [4.69, 9.17) is 4.74 Å². The average Bonchev–Trinajstić information content (AvgIpc) is 3.00. The lowest BCUT2D eigenvalue weighted by atomic mass is 10.2. The van der Waals surface area contributed by atoms with Crippen LogP contribution in [0.1, 0.15) is 17.3 Å². The number of sulfonamides is 1. The minimum Gasteiger partial charge on any atom is -0.496 e. The fourth-order valence-corrected chi connectivity index (χ4v) is 4.88. The zero-order chi connectivity index (χ0) is 20.5. The minimum atomic E-state index is -3.95. The second-order valence-electron chi connectivity index (χ2n) is 5.84. The zero-order valence-corrected chi connectivity index (χ0v) is 17.1. The molecule has 0 bridgehead atoms. The molecular formula is C18H19N3O5S2. The SMILES string of the molecule is CCn1c(=O)sc2cc(NS(=O)(=O)c3ccc(OC)c(C(=O)NC)c3)ccc21. The van der Waals surface area contributed by atoms with Crippen molar-refractivity contribution in [2.24, 2.45) is 0 Å². The summed E-state index contributed by atoms with van der Waals surface area (Å²) in [5.74, 6) is -0.189. The second kappa shape index (κ2) is 7.64. The fraction of sp³-hybridized carbons (Fsp3) is 0.222. The molecule has 0 aliphatic carbocycles. The molecule has 0 fully saturated rings. The average molecular weight is 422 g/mol. The number of anilines is 1. The molecule has 1 aromatic heterocycles. The Labute approximate surface area is 165 Å². The van der Waals surface area contributed by atoms with Gasteiger partial charge in [-0.25, -0.2) is 8.42 Å². The molecule has 28 heavy (non-hydrogen) atoms. The number of ether oxygens (including phenoxy) is 1. The van der Waals surface area contributed by atoms with Crippen molar-refractivity contribution in [3.63, 3.8) is 0 Å². The van der Waals surface area contributed by atoms with E-state index >= 15 is 0 Å². The molecule has 0 atom stereocenters. The molecule has 148 valence electrons. The van der Waals surface area contributed by atoms with Crippen LogP contribution < -0.4 is 19.6 Å². The Balaban J connectivity index is 1.99. The number of fused-ring (bicyclic) bond motifs is 1. The van der Waals surface area contributed by atoms with E-state index in [2.05, 4.69) is 10.0 Å². The van der Waals surface area contributed by atoms with E-state index < -0.39 is 15.9 Å². The number of rotatable bonds is 6. The molecule has 8 nitrogen and oxygen atoms in total. The van der Waals surface area contributed by atoms with Gasteiger partial charge in [-0.05, 0) is 43.3 Å². The van der Waals surface area contributed by atoms with E-state index in [0.717, 1.165) is 16.9 Å². The first kappa shape index (κ1) is 19.9. The Morgan fingerprint density at radius 3 is 2.61 bits per heavy atom. The predicted octanol–water partition coefficient (Wildman–Crippen LogP) is 2.25. The zero-order valence-electron chi connectivity index (χ0n) is 15.5. The van der Waals surface area contributed by atoms with Crippen LogP contribution in [0, 0.1) is 0 Å². The topological polar surface area (TPSA) is 106 Å². The molecular weight excluding hydrogens is 402 g/mol. The minimum absolute atomic E-state index is 0.0775. The standard InChI is InChI=1S/C18H19N3O5S2/c1-4-21-14-7-5-11(9-16(14)27-18(21)23)20-28(24,25)12-6-8-15(26-3)13(10-12)17(22)19-2/h5-10,20H,4H2,1-3H3,(H,19,22). The fourth-order valence-electron chi connectivity index (χ4n) is 2.81. The molecule has 2 N–H and O–H groups in total.